The molecule has 1 amide bonds. The fourth-order valence-electron chi connectivity index (χ4n) is 3.73. The van der Waals surface area contributed by atoms with Gasteiger partial charge in [0, 0.05) is 22.5 Å². The zero-order chi connectivity index (χ0) is 20.3. The number of amides is 1. The van der Waals surface area contributed by atoms with Crippen molar-refractivity contribution >= 4 is 23.5 Å². The van der Waals surface area contributed by atoms with Gasteiger partial charge in [-0.1, -0.05) is 24.4 Å². The van der Waals surface area contributed by atoms with E-state index in [-0.39, 0.29) is 18.6 Å². The molecule has 1 heterocycles. The van der Waals surface area contributed by atoms with Gasteiger partial charge in [0.05, 0.1) is 18.4 Å². The third-order valence-corrected chi connectivity index (χ3v) is 5.32. The Hall–Kier alpha value is -2.47. The van der Waals surface area contributed by atoms with Gasteiger partial charge in [0.25, 0.3) is 5.91 Å². The monoisotopic (exact) mass is 404 g/mol. The van der Waals surface area contributed by atoms with Gasteiger partial charge in [0.1, 0.15) is 5.75 Å². The number of hydrogen-bond acceptors (Lipinski definition) is 4. The number of carbonyl (C=O) groups is 2. The molecular formula is C21H25ClN2O4. The summed E-state index contributed by atoms with van der Waals surface area (Å²) in [7, 11) is 1.58. The first-order valence-electron chi connectivity index (χ1n) is 9.40. The molecule has 0 unspecified atom stereocenters. The molecule has 3 rings (SSSR count). The van der Waals surface area contributed by atoms with Crippen LogP contribution in [0.25, 0.3) is 5.69 Å². The van der Waals surface area contributed by atoms with E-state index in [2.05, 4.69) is 5.32 Å². The first kappa shape index (κ1) is 20.3. The number of hydrogen-bond donors (Lipinski definition) is 1. The standard InChI is InChI=1S/C21H25ClN2O4/c1-13-10-17(21(26)28-12-20(25)23-16-6-4-5-7-16)14(2)24(13)18-11-15(22)8-9-19(18)27-3/h8-11,16H,4-7,12H2,1-3H3,(H,23,25). The third kappa shape index (κ3) is 4.33. The molecule has 0 saturated heterocycles. The van der Waals surface area contributed by atoms with Crippen LogP contribution in [0.4, 0.5) is 0 Å². The Labute approximate surface area is 169 Å². The average Bonchev–Trinajstić information content (AvgIpc) is 3.27. The number of aromatic nitrogens is 1. The number of nitrogens with one attached hydrogen (secondary N) is 1. The maximum absolute atomic E-state index is 12.6. The Morgan fingerprint density at radius 3 is 2.61 bits per heavy atom. The highest BCUT2D eigenvalue weighted by Gasteiger charge is 2.22. The minimum Gasteiger partial charge on any atom is -0.495 e. The van der Waals surface area contributed by atoms with Crippen LogP contribution in [0.3, 0.4) is 0 Å². The van der Waals surface area contributed by atoms with E-state index >= 15 is 0 Å². The first-order valence-corrected chi connectivity index (χ1v) is 9.78. The molecule has 1 N–H and O–H groups in total. The lowest BCUT2D eigenvalue weighted by atomic mass is 10.2. The number of carbonyl (C=O) groups excluding carboxylic acids is 2. The van der Waals surface area contributed by atoms with Gasteiger partial charge in [-0.15, -0.1) is 0 Å². The minimum atomic E-state index is -0.526. The molecule has 1 aromatic heterocycles. The van der Waals surface area contributed by atoms with E-state index in [1.165, 1.54) is 0 Å². The zero-order valence-corrected chi connectivity index (χ0v) is 17.1. The Bertz CT molecular complexity index is 885. The lowest BCUT2D eigenvalue weighted by molar-refractivity contribution is -0.124. The van der Waals surface area contributed by atoms with Crippen molar-refractivity contribution in [2.45, 2.75) is 45.6 Å². The molecular weight excluding hydrogens is 380 g/mol. The predicted molar refractivity (Wildman–Crippen MR) is 107 cm³/mol. The van der Waals surface area contributed by atoms with Crippen molar-refractivity contribution < 1.29 is 19.1 Å². The van der Waals surface area contributed by atoms with Crippen LogP contribution in [0.5, 0.6) is 5.75 Å². The summed E-state index contributed by atoms with van der Waals surface area (Å²) in [5.41, 5.74) is 2.68. The van der Waals surface area contributed by atoms with Crippen molar-refractivity contribution in [3.63, 3.8) is 0 Å². The Morgan fingerprint density at radius 1 is 1.21 bits per heavy atom. The number of halogens is 1. The molecule has 0 spiro atoms. The fraction of sp³-hybridized carbons (Fsp3) is 0.429. The van der Waals surface area contributed by atoms with Crippen molar-refractivity contribution in [3.05, 3.63) is 46.2 Å². The number of ether oxygens (including phenoxy) is 2. The maximum atomic E-state index is 12.6. The van der Waals surface area contributed by atoms with E-state index in [0.29, 0.717) is 22.0 Å². The van der Waals surface area contributed by atoms with E-state index in [1.54, 1.807) is 31.4 Å². The Kier molecular flexibility index (Phi) is 6.29. The van der Waals surface area contributed by atoms with Gasteiger partial charge >= 0.3 is 5.97 Å². The second kappa shape index (κ2) is 8.69. The highest BCUT2D eigenvalue weighted by molar-refractivity contribution is 6.30. The molecule has 0 aliphatic heterocycles. The van der Waals surface area contributed by atoms with Crippen molar-refractivity contribution in [2.24, 2.45) is 0 Å². The second-order valence-corrected chi connectivity index (χ2v) is 7.50. The molecule has 1 aromatic carbocycles. The lowest BCUT2D eigenvalue weighted by Gasteiger charge is -2.14. The Balaban J connectivity index is 1.75. The molecule has 0 atom stereocenters. The van der Waals surface area contributed by atoms with Crippen LogP contribution in [-0.2, 0) is 9.53 Å². The molecule has 7 heteroatoms. The molecule has 150 valence electrons. The van der Waals surface area contributed by atoms with Crippen LogP contribution in [0.1, 0.15) is 47.4 Å². The smallest absolute Gasteiger partial charge is 0.340 e. The minimum absolute atomic E-state index is 0.201. The summed E-state index contributed by atoms with van der Waals surface area (Å²) in [6.07, 6.45) is 4.23. The summed E-state index contributed by atoms with van der Waals surface area (Å²) < 4.78 is 12.6. The highest BCUT2D eigenvalue weighted by Crippen LogP contribution is 2.30. The van der Waals surface area contributed by atoms with Crippen LogP contribution in [-0.4, -0.2) is 36.2 Å². The van der Waals surface area contributed by atoms with Crippen LogP contribution in [0.15, 0.2) is 24.3 Å². The topological polar surface area (TPSA) is 69.6 Å². The number of benzene rings is 1. The quantitative estimate of drug-likeness (QED) is 0.739. The molecule has 0 bridgehead atoms. The van der Waals surface area contributed by atoms with Crippen molar-refractivity contribution in [1.29, 1.82) is 0 Å². The van der Waals surface area contributed by atoms with Gasteiger partial charge in [0.2, 0.25) is 0 Å². The largest absolute Gasteiger partial charge is 0.495 e. The summed E-state index contributed by atoms with van der Waals surface area (Å²) in [6, 6.07) is 7.25. The zero-order valence-electron chi connectivity index (χ0n) is 16.4. The van der Waals surface area contributed by atoms with E-state index < -0.39 is 5.97 Å². The Morgan fingerprint density at radius 2 is 1.93 bits per heavy atom. The normalized spacial score (nSPS) is 14.1. The van der Waals surface area contributed by atoms with Crippen molar-refractivity contribution in [2.75, 3.05) is 13.7 Å². The first-order chi connectivity index (χ1) is 13.4. The number of esters is 1. The van der Waals surface area contributed by atoms with E-state index in [0.717, 1.165) is 37.1 Å². The van der Waals surface area contributed by atoms with Gasteiger partial charge in [-0.25, -0.2) is 4.79 Å². The van der Waals surface area contributed by atoms with E-state index in [9.17, 15) is 9.59 Å². The molecule has 0 radical (unpaired) electrons. The van der Waals surface area contributed by atoms with Crippen LogP contribution in [0.2, 0.25) is 5.02 Å². The van der Waals surface area contributed by atoms with Crippen molar-refractivity contribution in [3.8, 4) is 11.4 Å². The van der Waals surface area contributed by atoms with Gasteiger partial charge in [-0.2, -0.15) is 0 Å². The molecule has 2 aromatic rings. The number of methoxy groups -OCH3 is 1. The van der Waals surface area contributed by atoms with Gasteiger partial charge in [0.15, 0.2) is 6.61 Å². The van der Waals surface area contributed by atoms with Crippen molar-refractivity contribution in [1.82, 2.24) is 9.88 Å². The van der Waals surface area contributed by atoms with E-state index in [4.69, 9.17) is 21.1 Å². The van der Waals surface area contributed by atoms with Crippen LogP contribution >= 0.6 is 11.6 Å². The van der Waals surface area contributed by atoms with Gasteiger partial charge < -0.3 is 19.4 Å². The molecule has 1 aliphatic carbocycles. The average molecular weight is 405 g/mol. The molecule has 6 nitrogen and oxygen atoms in total. The highest BCUT2D eigenvalue weighted by atomic mass is 35.5. The molecule has 28 heavy (non-hydrogen) atoms. The summed E-state index contributed by atoms with van der Waals surface area (Å²) in [6.45, 7) is 3.43. The fourth-order valence-corrected chi connectivity index (χ4v) is 3.89. The SMILES string of the molecule is COc1ccc(Cl)cc1-n1c(C)cc(C(=O)OCC(=O)NC2CCCC2)c1C. The summed E-state index contributed by atoms with van der Waals surface area (Å²) in [5.74, 6) is -0.144. The summed E-state index contributed by atoms with van der Waals surface area (Å²) >= 11 is 6.15. The third-order valence-electron chi connectivity index (χ3n) is 5.09. The predicted octanol–water partition coefficient (Wildman–Crippen LogP) is 3.97. The van der Waals surface area contributed by atoms with E-state index in [1.807, 2.05) is 18.4 Å². The summed E-state index contributed by atoms with van der Waals surface area (Å²) in [4.78, 5) is 24.6. The number of rotatable bonds is 6. The molecule has 1 aliphatic rings. The van der Waals surface area contributed by atoms with Gasteiger partial charge in [-0.05, 0) is 51.0 Å². The second-order valence-electron chi connectivity index (χ2n) is 7.06. The van der Waals surface area contributed by atoms with Crippen LogP contribution < -0.4 is 10.1 Å². The number of nitrogens with zero attached hydrogens (tertiary/aromatic N) is 1. The molecule has 1 saturated carbocycles. The number of aryl methyl sites for hydroxylation is 1. The summed E-state index contributed by atoms with van der Waals surface area (Å²) in [5, 5.41) is 3.48. The maximum Gasteiger partial charge on any atom is 0.340 e. The lowest BCUT2D eigenvalue weighted by Crippen LogP contribution is -2.35. The van der Waals surface area contributed by atoms with Crippen LogP contribution in [0, 0.1) is 13.8 Å². The molecule has 1 fully saturated rings. The van der Waals surface area contributed by atoms with Gasteiger partial charge in [-0.3, -0.25) is 4.79 Å².